The molecule has 0 atom stereocenters. The smallest absolute Gasteiger partial charge is 0.340 e. The summed E-state index contributed by atoms with van der Waals surface area (Å²) in [6.45, 7) is 16.4. The monoisotopic (exact) mass is 530 g/mol. The second kappa shape index (κ2) is 12.2. The van der Waals surface area contributed by atoms with Crippen LogP contribution < -0.4 is 0 Å². The van der Waals surface area contributed by atoms with Crippen LogP contribution in [0.3, 0.4) is 0 Å². The number of carbonyl (C=O) groups is 2. The molecule has 4 rings (SSSR count). The molecule has 39 heavy (non-hydrogen) atoms. The van der Waals surface area contributed by atoms with Crippen molar-refractivity contribution in [1.29, 1.82) is 0 Å². The summed E-state index contributed by atoms with van der Waals surface area (Å²) in [5, 5.41) is 0.990. The second-order valence-corrected chi connectivity index (χ2v) is 11.1. The number of nitrogens with zero attached hydrogens (tertiary/aromatic N) is 1. The minimum atomic E-state index is -0.491. The Labute approximate surface area is 232 Å². The Morgan fingerprint density at radius 2 is 1.49 bits per heavy atom. The summed E-state index contributed by atoms with van der Waals surface area (Å²) >= 11 is 0. The molecule has 0 radical (unpaired) electrons. The van der Waals surface area contributed by atoms with E-state index in [1.807, 2.05) is 33.8 Å². The van der Waals surface area contributed by atoms with Crippen LogP contribution in [0.4, 0.5) is 0 Å². The van der Waals surface area contributed by atoms with Crippen molar-refractivity contribution in [3.05, 3.63) is 58.9 Å². The van der Waals surface area contributed by atoms with Gasteiger partial charge in [-0.05, 0) is 67.7 Å². The topological polar surface area (TPSA) is 81.3 Å². The number of H-pyrrole nitrogens is 1. The molecule has 3 aromatic rings. The zero-order valence-corrected chi connectivity index (χ0v) is 24.3. The Bertz CT molecular complexity index is 1330. The van der Waals surface area contributed by atoms with Gasteiger partial charge in [0.1, 0.15) is 0 Å². The van der Waals surface area contributed by atoms with Gasteiger partial charge in [-0.25, -0.2) is 9.59 Å². The van der Waals surface area contributed by atoms with Crippen LogP contribution >= 0.6 is 0 Å². The number of nitrogens with one attached hydrogen (secondary N) is 1. The van der Waals surface area contributed by atoms with Crippen molar-refractivity contribution in [1.82, 2.24) is 9.97 Å². The van der Waals surface area contributed by atoms with E-state index in [1.54, 1.807) is 13.8 Å². The molecule has 1 N–H and O–H groups in total. The van der Waals surface area contributed by atoms with E-state index in [9.17, 15) is 9.59 Å². The zero-order valence-electron chi connectivity index (χ0n) is 24.3. The zero-order chi connectivity index (χ0) is 28.3. The standard InChI is InChI=1S/C33H42N2O4/c1-8-38-32(36)28-27(29(33(37)39-9-2)31(20(5)6)35-30(28)19(3)4)26-18-24-16-15-23(17-25(24)34-26)21(7)22-13-11-10-12-14-22/h15-20,22,34H,7-14H2,1-6H3. The van der Waals surface area contributed by atoms with E-state index < -0.39 is 11.9 Å². The molecule has 0 unspecified atom stereocenters. The van der Waals surface area contributed by atoms with E-state index in [0.29, 0.717) is 39.7 Å². The van der Waals surface area contributed by atoms with Gasteiger partial charge in [0, 0.05) is 22.2 Å². The Hall–Kier alpha value is -3.41. The third-order valence-corrected chi connectivity index (χ3v) is 7.67. The molecule has 0 spiro atoms. The maximum atomic E-state index is 13.5. The van der Waals surface area contributed by atoms with Crippen LogP contribution in [0.5, 0.6) is 0 Å². The van der Waals surface area contributed by atoms with Crippen LogP contribution in [0.1, 0.15) is 123 Å². The number of pyridine rings is 1. The van der Waals surface area contributed by atoms with Crippen LogP contribution in [0.15, 0.2) is 30.8 Å². The van der Waals surface area contributed by atoms with Gasteiger partial charge in [-0.3, -0.25) is 4.98 Å². The van der Waals surface area contributed by atoms with Crippen molar-refractivity contribution in [3.8, 4) is 11.3 Å². The van der Waals surface area contributed by atoms with Crippen LogP contribution in [0.25, 0.3) is 27.7 Å². The molecular formula is C33H42N2O4. The highest BCUT2D eigenvalue weighted by molar-refractivity contribution is 6.08. The van der Waals surface area contributed by atoms with Crippen LogP contribution in [0.2, 0.25) is 0 Å². The quantitative estimate of drug-likeness (QED) is 0.281. The van der Waals surface area contributed by atoms with Crippen LogP contribution in [0, 0.1) is 5.92 Å². The van der Waals surface area contributed by atoms with Crippen molar-refractivity contribution in [3.63, 3.8) is 0 Å². The molecule has 1 fully saturated rings. The number of fused-ring (bicyclic) bond motifs is 1. The molecule has 2 heterocycles. The van der Waals surface area contributed by atoms with Gasteiger partial charge in [-0.1, -0.05) is 65.7 Å². The first-order chi connectivity index (χ1) is 18.7. The van der Waals surface area contributed by atoms with Gasteiger partial charge < -0.3 is 14.5 Å². The molecule has 1 aliphatic rings. The third kappa shape index (κ3) is 5.80. The summed E-state index contributed by atoms with van der Waals surface area (Å²) in [7, 11) is 0. The van der Waals surface area contributed by atoms with Gasteiger partial charge >= 0.3 is 11.9 Å². The number of ether oxygens (including phenoxy) is 2. The Balaban J connectivity index is 1.97. The maximum absolute atomic E-state index is 13.5. The van der Waals surface area contributed by atoms with Gasteiger partial charge in [0.05, 0.1) is 35.7 Å². The van der Waals surface area contributed by atoms with E-state index in [0.717, 1.165) is 16.5 Å². The summed E-state index contributed by atoms with van der Waals surface area (Å²) in [6, 6.07) is 8.34. The van der Waals surface area contributed by atoms with Crippen molar-refractivity contribution < 1.29 is 19.1 Å². The number of esters is 2. The van der Waals surface area contributed by atoms with E-state index in [1.165, 1.54) is 37.7 Å². The highest BCUT2D eigenvalue weighted by Crippen LogP contribution is 2.40. The van der Waals surface area contributed by atoms with Crippen molar-refractivity contribution >= 4 is 28.4 Å². The van der Waals surface area contributed by atoms with E-state index in [-0.39, 0.29) is 25.0 Å². The summed E-state index contributed by atoms with van der Waals surface area (Å²) in [5.74, 6) is -0.596. The molecule has 0 aliphatic heterocycles. The highest BCUT2D eigenvalue weighted by atomic mass is 16.5. The lowest BCUT2D eigenvalue weighted by Crippen LogP contribution is -2.21. The molecule has 1 aliphatic carbocycles. The van der Waals surface area contributed by atoms with E-state index >= 15 is 0 Å². The molecular weight excluding hydrogens is 488 g/mol. The molecule has 1 saturated carbocycles. The summed E-state index contributed by atoms with van der Waals surface area (Å²) < 4.78 is 11.0. The van der Waals surface area contributed by atoms with Crippen LogP contribution in [-0.2, 0) is 9.47 Å². The molecule has 208 valence electrons. The number of aromatic nitrogens is 2. The predicted octanol–water partition coefficient (Wildman–Crippen LogP) is 8.42. The van der Waals surface area contributed by atoms with Gasteiger partial charge in [0.2, 0.25) is 0 Å². The van der Waals surface area contributed by atoms with E-state index in [2.05, 4.69) is 29.8 Å². The number of allylic oxidation sites excluding steroid dienone is 1. The minimum Gasteiger partial charge on any atom is -0.462 e. The average molecular weight is 531 g/mol. The number of aromatic amines is 1. The number of hydrogen-bond acceptors (Lipinski definition) is 5. The Kier molecular flexibility index (Phi) is 8.94. The first-order valence-electron chi connectivity index (χ1n) is 14.4. The fourth-order valence-corrected chi connectivity index (χ4v) is 5.70. The summed E-state index contributed by atoms with van der Waals surface area (Å²) in [6.07, 6.45) is 6.18. The van der Waals surface area contributed by atoms with Gasteiger partial charge in [-0.15, -0.1) is 0 Å². The largest absolute Gasteiger partial charge is 0.462 e. The highest BCUT2D eigenvalue weighted by Gasteiger charge is 2.33. The minimum absolute atomic E-state index is 0.0632. The van der Waals surface area contributed by atoms with Gasteiger partial charge in [0.15, 0.2) is 0 Å². The molecule has 0 bridgehead atoms. The molecule has 2 aromatic heterocycles. The molecule has 1 aromatic carbocycles. The van der Waals surface area contributed by atoms with Crippen molar-refractivity contribution in [2.75, 3.05) is 13.2 Å². The lowest BCUT2D eigenvalue weighted by atomic mass is 9.81. The second-order valence-electron chi connectivity index (χ2n) is 11.1. The maximum Gasteiger partial charge on any atom is 0.340 e. The fraction of sp³-hybridized carbons (Fsp3) is 0.485. The van der Waals surface area contributed by atoms with Gasteiger partial charge in [0.25, 0.3) is 0 Å². The SMILES string of the molecule is C=C(c1ccc2cc(-c3c(C(=O)OCC)c(C(C)C)nc(C(C)C)c3C(=O)OCC)[nH]c2c1)C1CCCCC1. The number of rotatable bonds is 9. The molecule has 6 heteroatoms. The van der Waals surface area contributed by atoms with Gasteiger partial charge in [-0.2, -0.15) is 0 Å². The summed E-state index contributed by atoms with van der Waals surface area (Å²) in [5.41, 5.74) is 6.27. The molecule has 0 amide bonds. The lowest BCUT2D eigenvalue weighted by molar-refractivity contribution is 0.0523. The molecule has 0 saturated heterocycles. The summed E-state index contributed by atoms with van der Waals surface area (Å²) in [4.78, 5) is 35.4. The first-order valence-corrected chi connectivity index (χ1v) is 14.4. The predicted molar refractivity (Wildman–Crippen MR) is 157 cm³/mol. The normalized spacial score (nSPS) is 14.3. The third-order valence-electron chi connectivity index (χ3n) is 7.67. The van der Waals surface area contributed by atoms with Crippen molar-refractivity contribution in [2.24, 2.45) is 5.92 Å². The fourth-order valence-electron chi connectivity index (χ4n) is 5.70. The Morgan fingerprint density at radius 1 is 0.923 bits per heavy atom. The number of carbonyl (C=O) groups excluding carboxylic acids is 2. The Morgan fingerprint density at radius 3 is 2.00 bits per heavy atom. The van der Waals surface area contributed by atoms with Crippen molar-refractivity contribution in [2.45, 2.75) is 85.5 Å². The lowest BCUT2D eigenvalue weighted by Gasteiger charge is -2.24. The van der Waals surface area contributed by atoms with Crippen LogP contribution in [-0.4, -0.2) is 35.1 Å². The molecule has 6 nitrogen and oxygen atoms in total. The number of hydrogen-bond donors (Lipinski definition) is 1. The number of benzene rings is 1. The van der Waals surface area contributed by atoms with E-state index in [4.69, 9.17) is 14.5 Å². The first kappa shape index (κ1) is 28.6. The average Bonchev–Trinajstić information content (AvgIpc) is 3.35.